The van der Waals surface area contributed by atoms with Gasteiger partial charge in [0.15, 0.2) is 0 Å². The fourth-order valence-electron chi connectivity index (χ4n) is 1.21. The fourth-order valence-corrected chi connectivity index (χ4v) is 2.34. The molecule has 0 aliphatic rings. The van der Waals surface area contributed by atoms with E-state index < -0.39 is 0 Å². The lowest BCUT2D eigenvalue weighted by Crippen LogP contribution is -2.10. The summed E-state index contributed by atoms with van der Waals surface area (Å²) in [6, 6.07) is 5.21. The molecule has 0 spiro atoms. The highest BCUT2D eigenvalue weighted by atomic mass is 79.9. The topological polar surface area (TPSA) is 51.2 Å². The first-order chi connectivity index (χ1) is 8.19. The predicted octanol–water partition coefficient (Wildman–Crippen LogP) is 3.17. The maximum Gasteiger partial charge on any atom is 0.256 e. The lowest BCUT2D eigenvalue weighted by atomic mass is 10.3. The summed E-state index contributed by atoms with van der Waals surface area (Å²) in [4.78, 5) is 15.8. The number of carbonyl (C=O) groups is 1. The minimum atomic E-state index is -0.154. The van der Waals surface area contributed by atoms with Crippen LogP contribution in [0.25, 0.3) is 0 Å². The summed E-state index contributed by atoms with van der Waals surface area (Å²) in [6.07, 6.45) is 1.55. The molecular weight excluding hydrogens is 304 g/mol. The zero-order valence-corrected chi connectivity index (χ0v) is 11.3. The van der Waals surface area contributed by atoms with E-state index in [2.05, 4.69) is 26.2 Å². The van der Waals surface area contributed by atoms with E-state index in [1.807, 2.05) is 0 Å². The van der Waals surface area contributed by atoms with Crippen LogP contribution in [0.1, 0.15) is 10.4 Å². The monoisotopic (exact) mass is 312 g/mol. The molecule has 0 aromatic carbocycles. The van der Waals surface area contributed by atoms with Crippen LogP contribution >= 0.6 is 27.3 Å². The Morgan fingerprint density at radius 2 is 2.35 bits per heavy atom. The van der Waals surface area contributed by atoms with Crippen molar-refractivity contribution >= 4 is 38.9 Å². The number of hydrogen-bond acceptors (Lipinski definition) is 4. The average Bonchev–Trinajstić information content (AvgIpc) is 2.77. The molecule has 6 heteroatoms. The highest BCUT2D eigenvalue weighted by Gasteiger charge is 2.08. The normalized spacial score (nSPS) is 10.0. The Hall–Kier alpha value is -1.40. The quantitative estimate of drug-likeness (QED) is 0.947. The molecule has 0 aliphatic carbocycles. The molecule has 2 aromatic heterocycles. The molecule has 0 saturated heterocycles. The molecule has 0 unspecified atom stereocenters. The smallest absolute Gasteiger partial charge is 0.256 e. The Balaban J connectivity index is 2.07. The third-order valence-electron chi connectivity index (χ3n) is 2.03. The van der Waals surface area contributed by atoms with Crippen molar-refractivity contribution in [2.24, 2.45) is 0 Å². The number of anilines is 1. The highest BCUT2D eigenvalue weighted by Crippen LogP contribution is 2.21. The zero-order chi connectivity index (χ0) is 12.3. The standard InChI is InChI=1S/C11H9BrN2O2S/c1-16-10-3-2-8(5-13-10)14-11(15)7-4-9(12)17-6-7/h2-6H,1H3,(H,14,15). The molecule has 0 bridgehead atoms. The van der Waals surface area contributed by atoms with Gasteiger partial charge in [0.1, 0.15) is 0 Å². The Bertz CT molecular complexity index is 525. The summed E-state index contributed by atoms with van der Waals surface area (Å²) >= 11 is 4.78. The van der Waals surface area contributed by atoms with E-state index in [0.717, 1.165) is 3.79 Å². The minimum Gasteiger partial charge on any atom is -0.481 e. The van der Waals surface area contributed by atoms with Crippen molar-refractivity contribution in [2.75, 3.05) is 12.4 Å². The van der Waals surface area contributed by atoms with Gasteiger partial charge in [0.25, 0.3) is 5.91 Å². The van der Waals surface area contributed by atoms with Crippen molar-refractivity contribution in [3.05, 3.63) is 39.1 Å². The highest BCUT2D eigenvalue weighted by molar-refractivity contribution is 9.11. The largest absolute Gasteiger partial charge is 0.481 e. The van der Waals surface area contributed by atoms with Gasteiger partial charge in [-0.3, -0.25) is 4.79 Å². The molecule has 0 atom stereocenters. The second-order valence-corrected chi connectivity index (χ2v) is 5.47. The van der Waals surface area contributed by atoms with Crippen LogP contribution in [0.15, 0.2) is 33.6 Å². The summed E-state index contributed by atoms with van der Waals surface area (Å²) in [5.74, 6) is 0.361. The summed E-state index contributed by atoms with van der Waals surface area (Å²) in [7, 11) is 1.55. The number of thiophene rings is 1. The molecule has 1 amide bonds. The molecule has 0 aliphatic heterocycles. The predicted molar refractivity (Wildman–Crippen MR) is 70.8 cm³/mol. The Kier molecular flexibility index (Phi) is 3.75. The maximum atomic E-state index is 11.8. The second kappa shape index (κ2) is 5.29. The molecule has 0 radical (unpaired) electrons. The third kappa shape index (κ3) is 3.04. The SMILES string of the molecule is COc1ccc(NC(=O)c2csc(Br)c2)cn1. The van der Waals surface area contributed by atoms with Gasteiger partial charge in [0, 0.05) is 11.4 Å². The summed E-state index contributed by atoms with van der Waals surface area (Å²) in [5, 5.41) is 4.54. The Labute approximate surface area is 111 Å². The Morgan fingerprint density at radius 3 is 2.88 bits per heavy atom. The number of nitrogens with one attached hydrogen (secondary N) is 1. The second-order valence-electron chi connectivity index (χ2n) is 3.18. The molecule has 2 aromatic rings. The number of amides is 1. The number of pyridine rings is 1. The molecule has 1 N–H and O–H groups in total. The molecule has 2 heterocycles. The number of carbonyl (C=O) groups excluding carboxylic acids is 1. The Morgan fingerprint density at radius 1 is 1.53 bits per heavy atom. The minimum absolute atomic E-state index is 0.154. The van der Waals surface area contributed by atoms with E-state index >= 15 is 0 Å². The van der Waals surface area contributed by atoms with Gasteiger partial charge in [-0.25, -0.2) is 4.98 Å². The van der Waals surface area contributed by atoms with Gasteiger partial charge >= 0.3 is 0 Å². The van der Waals surface area contributed by atoms with Crippen LogP contribution in [-0.2, 0) is 0 Å². The van der Waals surface area contributed by atoms with Gasteiger partial charge in [-0.1, -0.05) is 0 Å². The first kappa shape index (κ1) is 12.1. The van der Waals surface area contributed by atoms with Crippen LogP contribution < -0.4 is 10.1 Å². The van der Waals surface area contributed by atoms with Crippen LogP contribution in [0.3, 0.4) is 0 Å². The van der Waals surface area contributed by atoms with Crippen molar-refractivity contribution < 1.29 is 9.53 Å². The fraction of sp³-hybridized carbons (Fsp3) is 0.0909. The van der Waals surface area contributed by atoms with Crippen molar-refractivity contribution in [1.82, 2.24) is 4.98 Å². The van der Waals surface area contributed by atoms with Gasteiger partial charge in [-0.05, 0) is 28.1 Å². The molecule has 88 valence electrons. The number of rotatable bonds is 3. The van der Waals surface area contributed by atoms with Gasteiger partial charge in [0.05, 0.1) is 28.3 Å². The van der Waals surface area contributed by atoms with Crippen LogP contribution in [0.5, 0.6) is 5.88 Å². The molecule has 4 nitrogen and oxygen atoms in total. The first-order valence-electron chi connectivity index (χ1n) is 4.74. The van der Waals surface area contributed by atoms with Gasteiger partial charge in [0.2, 0.25) is 5.88 Å². The molecule has 2 rings (SSSR count). The lowest BCUT2D eigenvalue weighted by Gasteiger charge is -2.04. The third-order valence-corrected chi connectivity index (χ3v) is 3.54. The van der Waals surface area contributed by atoms with Crippen molar-refractivity contribution in [2.45, 2.75) is 0 Å². The zero-order valence-electron chi connectivity index (χ0n) is 8.94. The maximum absolute atomic E-state index is 11.8. The molecular formula is C11H9BrN2O2S. The summed E-state index contributed by atoms with van der Waals surface area (Å²) in [5.41, 5.74) is 1.26. The average molecular weight is 313 g/mol. The number of aromatic nitrogens is 1. The van der Waals surface area contributed by atoms with E-state index in [9.17, 15) is 4.79 Å². The number of methoxy groups -OCH3 is 1. The summed E-state index contributed by atoms with van der Waals surface area (Å²) in [6.45, 7) is 0. The first-order valence-corrected chi connectivity index (χ1v) is 6.42. The van der Waals surface area contributed by atoms with E-state index in [4.69, 9.17) is 4.74 Å². The number of hydrogen-bond donors (Lipinski definition) is 1. The van der Waals surface area contributed by atoms with Crippen LogP contribution in [0.4, 0.5) is 5.69 Å². The van der Waals surface area contributed by atoms with E-state index in [1.54, 1.807) is 36.9 Å². The van der Waals surface area contributed by atoms with E-state index in [-0.39, 0.29) is 5.91 Å². The van der Waals surface area contributed by atoms with Crippen LogP contribution in [-0.4, -0.2) is 18.0 Å². The summed E-state index contributed by atoms with van der Waals surface area (Å²) < 4.78 is 5.86. The van der Waals surface area contributed by atoms with Crippen molar-refractivity contribution in [1.29, 1.82) is 0 Å². The van der Waals surface area contributed by atoms with Crippen LogP contribution in [0, 0.1) is 0 Å². The van der Waals surface area contributed by atoms with Crippen molar-refractivity contribution in [3.8, 4) is 5.88 Å². The molecule has 17 heavy (non-hydrogen) atoms. The van der Waals surface area contributed by atoms with Crippen LogP contribution in [0.2, 0.25) is 0 Å². The number of ether oxygens (including phenoxy) is 1. The van der Waals surface area contributed by atoms with Gasteiger partial charge < -0.3 is 10.1 Å². The number of halogens is 1. The number of nitrogens with zero attached hydrogens (tertiary/aromatic N) is 1. The van der Waals surface area contributed by atoms with E-state index in [1.165, 1.54) is 11.3 Å². The van der Waals surface area contributed by atoms with Gasteiger partial charge in [-0.2, -0.15) is 0 Å². The van der Waals surface area contributed by atoms with E-state index in [0.29, 0.717) is 17.1 Å². The van der Waals surface area contributed by atoms with Gasteiger partial charge in [-0.15, -0.1) is 11.3 Å². The lowest BCUT2D eigenvalue weighted by molar-refractivity contribution is 0.102. The molecule has 0 saturated carbocycles. The molecule has 0 fully saturated rings. The van der Waals surface area contributed by atoms with Crippen molar-refractivity contribution in [3.63, 3.8) is 0 Å².